The lowest BCUT2D eigenvalue weighted by Gasteiger charge is -2.37. The molecule has 1 unspecified atom stereocenters. The Hall–Kier alpha value is -2.24. The molecule has 3 heterocycles. The van der Waals surface area contributed by atoms with Gasteiger partial charge in [0.15, 0.2) is 12.1 Å². The minimum atomic E-state index is -0.108. The highest BCUT2D eigenvalue weighted by Crippen LogP contribution is 2.33. The first-order valence-electron chi connectivity index (χ1n) is 10.3. The maximum absolute atomic E-state index is 13.2. The van der Waals surface area contributed by atoms with Crippen molar-refractivity contribution in [2.45, 2.75) is 51.4 Å². The van der Waals surface area contributed by atoms with Gasteiger partial charge in [-0.05, 0) is 32.6 Å². The second kappa shape index (κ2) is 8.41. The molecule has 28 heavy (non-hydrogen) atoms. The number of nitrogens with one attached hydrogen (secondary N) is 2. The molecule has 1 aliphatic carbocycles. The van der Waals surface area contributed by atoms with Gasteiger partial charge >= 0.3 is 6.01 Å². The van der Waals surface area contributed by atoms with Crippen molar-refractivity contribution in [1.29, 1.82) is 0 Å². The van der Waals surface area contributed by atoms with Crippen LogP contribution >= 0.6 is 0 Å². The molecule has 8 heteroatoms. The molecule has 8 nitrogen and oxygen atoms in total. The van der Waals surface area contributed by atoms with Gasteiger partial charge in [-0.2, -0.15) is 4.98 Å². The molecular weight excluding hydrogens is 356 g/mol. The second-order valence-electron chi connectivity index (χ2n) is 7.69. The highest BCUT2D eigenvalue weighted by molar-refractivity contribution is 5.72. The third-order valence-corrected chi connectivity index (χ3v) is 5.82. The van der Waals surface area contributed by atoms with E-state index in [1.54, 1.807) is 11.6 Å². The van der Waals surface area contributed by atoms with E-state index in [9.17, 15) is 4.79 Å². The van der Waals surface area contributed by atoms with Gasteiger partial charge in [0.2, 0.25) is 0 Å². The monoisotopic (exact) mass is 386 g/mol. The second-order valence-corrected chi connectivity index (χ2v) is 7.69. The van der Waals surface area contributed by atoms with Crippen LogP contribution in [0, 0.1) is 11.8 Å². The van der Waals surface area contributed by atoms with Crippen molar-refractivity contribution < 1.29 is 4.74 Å². The van der Waals surface area contributed by atoms with Crippen LogP contribution in [-0.2, 0) is 7.05 Å². The van der Waals surface area contributed by atoms with Gasteiger partial charge in [0.25, 0.3) is 5.56 Å². The third kappa shape index (κ3) is 3.69. The Morgan fingerprint density at radius 2 is 1.96 bits per heavy atom. The van der Waals surface area contributed by atoms with E-state index >= 15 is 0 Å². The Labute approximate surface area is 166 Å². The molecule has 3 aliphatic rings. The van der Waals surface area contributed by atoms with E-state index in [4.69, 9.17) is 9.72 Å². The van der Waals surface area contributed by atoms with Crippen LogP contribution in [0.25, 0.3) is 0 Å². The maximum Gasteiger partial charge on any atom is 0.301 e. The van der Waals surface area contributed by atoms with Crippen molar-refractivity contribution in [2.24, 2.45) is 7.05 Å². The van der Waals surface area contributed by atoms with Crippen LogP contribution in [0.15, 0.2) is 4.79 Å². The summed E-state index contributed by atoms with van der Waals surface area (Å²) in [6.07, 6.45) is 5.72. The lowest BCUT2D eigenvalue weighted by Crippen LogP contribution is -2.56. The number of aromatic nitrogens is 2. The molecule has 0 spiro atoms. The molecule has 2 aliphatic heterocycles. The zero-order valence-electron chi connectivity index (χ0n) is 16.8. The number of nitrogens with zero attached hydrogens (tertiary/aromatic N) is 4. The summed E-state index contributed by atoms with van der Waals surface area (Å²) in [6, 6.07) is 0.408. The predicted molar refractivity (Wildman–Crippen MR) is 110 cm³/mol. The molecule has 1 saturated heterocycles. The molecule has 152 valence electrons. The largest absolute Gasteiger partial charge is 0.461 e. The molecule has 0 amide bonds. The lowest BCUT2D eigenvalue weighted by atomic mass is 9.98. The van der Waals surface area contributed by atoms with Crippen molar-refractivity contribution in [3.63, 3.8) is 0 Å². The van der Waals surface area contributed by atoms with Gasteiger partial charge in [-0.25, -0.2) is 0 Å². The number of fused-ring (bicyclic) bond motifs is 1. The molecule has 1 saturated carbocycles. The van der Waals surface area contributed by atoms with Crippen LogP contribution in [0.5, 0.6) is 6.01 Å². The van der Waals surface area contributed by atoms with Crippen molar-refractivity contribution in [3.8, 4) is 17.9 Å². The molecule has 2 fully saturated rings. The van der Waals surface area contributed by atoms with E-state index in [0.717, 1.165) is 39.0 Å². The van der Waals surface area contributed by atoms with E-state index < -0.39 is 0 Å². The van der Waals surface area contributed by atoms with E-state index in [1.807, 2.05) is 11.8 Å². The van der Waals surface area contributed by atoms with Gasteiger partial charge in [-0.3, -0.25) is 14.3 Å². The standard InChI is InChI=1S/C20H30N6O2/c1-3-4-12-26-16-17(22-19(26)25-13-10-21-11-14-25)23-20(24(2)18(16)27)28-15-8-6-5-7-9-15/h15,19,21-22H,5-14H2,1-2H3. The number of ether oxygens (including phenoxy) is 1. The summed E-state index contributed by atoms with van der Waals surface area (Å²) in [5.74, 6) is 6.66. The number of anilines is 2. The lowest BCUT2D eigenvalue weighted by molar-refractivity contribution is 0.135. The first-order valence-corrected chi connectivity index (χ1v) is 10.3. The minimum absolute atomic E-state index is 0.0844. The average molecular weight is 387 g/mol. The van der Waals surface area contributed by atoms with Gasteiger partial charge in [0.1, 0.15) is 11.8 Å². The third-order valence-electron chi connectivity index (χ3n) is 5.82. The summed E-state index contributed by atoms with van der Waals surface area (Å²) in [5.41, 5.74) is 0.503. The van der Waals surface area contributed by atoms with Crippen molar-refractivity contribution in [2.75, 3.05) is 42.9 Å². The summed E-state index contributed by atoms with van der Waals surface area (Å²) >= 11 is 0. The molecule has 1 atom stereocenters. The van der Waals surface area contributed by atoms with Crippen LogP contribution in [-0.4, -0.2) is 59.6 Å². The SMILES string of the molecule is CC#CCN1c2c(nc(OC3CCCCC3)n(C)c2=O)NC1N1CCNCC1. The van der Waals surface area contributed by atoms with Gasteiger partial charge in [-0.15, -0.1) is 5.92 Å². The van der Waals surface area contributed by atoms with Gasteiger partial charge in [0, 0.05) is 33.2 Å². The predicted octanol–water partition coefficient (Wildman–Crippen LogP) is 0.936. The Morgan fingerprint density at radius 3 is 2.68 bits per heavy atom. The number of piperazine rings is 1. The molecule has 4 rings (SSSR count). The fourth-order valence-corrected chi connectivity index (χ4v) is 4.23. The first kappa shape index (κ1) is 19.1. The zero-order chi connectivity index (χ0) is 19.5. The zero-order valence-corrected chi connectivity index (χ0v) is 16.8. The first-order chi connectivity index (χ1) is 13.7. The number of hydrogen-bond donors (Lipinski definition) is 2. The van der Waals surface area contributed by atoms with E-state index in [0.29, 0.717) is 24.1 Å². The van der Waals surface area contributed by atoms with Gasteiger partial charge < -0.3 is 20.3 Å². The normalized spacial score (nSPS) is 22.9. The summed E-state index contributed by atoms with van der Waals surface area (Å²) in [7, 11) is 1.75. The van der Waals surface area contributed by atoms with Crippen LogP contribution in [0.4, 0.5) is 11.5 Å². The molecule has 0 radical (unpaired) electrons. The number of hydrogen-bond acceptors (Lipinski definition) is 7. The highest BCUT2D eigenvalue weighted by atomic mass is 16.5. The Kier molecular flexibility index (Phi) is 5.74. The van der Waals surface area contributed by atoms with Crippen molar-refractivity contribution in [1.82, 2.24) is 19.8 Å². The van der Waals surface area contributed by atoms with Crippen molar-refractivity contribution in [3.05, 3.63) is 10.4 Å². The van der Waals surface area contributed by atoms with Crippen molar-refractivity contribution >= 4 is 11.5 Å². The van der Waals surface area contributed by atoms with Crippen LogP contribution in [0.2, 0.25) is 0 Å². The summed E-state index contributed by atoms with van der Waals surface area (Å²) in [4.78, 5) is 22.3. The number of rotatable bonds is 4. The maximum atomic E-state index is 13.2. The molecule has 2 N–H and O–H groups in total. The Morgan fingerprint density at radius 1 is 1.21 bits per heavy atom. The molecule has 1 aromatic rings. The fourth-order valence-electron chi connectivity index (χ4n) is 4.23. The highest BCUT2D eigenvalue weighted by Gasteiger charge is 2.37. The van der Waals surface area contributed by atoms with Crippen LogP contribution in [0.3, 0.4) is 0 Å². The van der Waals surface area contributed by atoms with Gasteiger partial charge in [-0.1, -0.05) is 12.3 Å². The van der Waals surface area contributed by atoms with Crippen LogP contribution < -0.4 is 25.8 Å². The Balaban J connectivity index is 1.64. The fraction of sp³-hybridized carbons (Fsp3) is 0.700. The van der Waals surface area contributed by atoms with E-state index in [2.05, 4.69) is 27.4 Å². The summed E-state index contributed by atoms with van der Waals surface area (Å²) in [5, 5.41) is 6.84. The van der Waals surface area contributed by atoms with Gasteiger partial charge in [0.05, 0.1) is 6.54 Å². The quantitative estimate of drug-likeness (QED) is 0.746. The van der Waals surface area contributed by atoms with E-state index in [-0.39, 0.29) is 18.0 Å². The van der Waals surface area contributed by atoms with E-state index in [1.165, 1.54) is 19.3 Å². The average Bonchev–Trinajstić information content (AvgIpc) is 3.10. The Bertz CT molecular complexity index is 814. The molecule has 0 bridgehead atoms. The smallest absolute Gasteiger partial charge is 0.301 e. The topological polar surface area (TPSA) is 74.7 Å². The molecule has 0 aromatic carbocycles. The van der Waals surface area contributed by atoms with Crippen LogP contribution in [0.1, 0.15) is 39.0 Å². The summed E-state index contributed by atoms with van der Waals surface area (Å²) in [6.45, 7) is 6.00. The molecular formula is C20H30N6O2. The minimum Gasteiger partial charge on any atom is -0.461 e. The summed E-state index contributed by atoms with van der Waals surface area (Å²) < 4.78 is 7.67. The molecule has 1 aromatic heterocycles.